The van der Waals surface area contributed by atoms with Crippen molar-refractivity contribution in [1.29, 1.82) is 0 Å². The summed E-state index contributed by atoms with van der Waals surface area (Å²) in [6.07, 6.45) is 6.59. The molecule has 1 aromatic carbocycles. The van der Waals surface area contributed by atoms with Gasteiger partial charge in [-0.15, -0.1) is 0 Å². The molecule has 6 heteroatoms. The van der Waals surface area contributed by atoms with Gasteiger partial charge in [0, 0.05) is 36.1 Å². The molecular formula is C22H23FN4O. The number of carbonyl (C=O) groups excluding carboxylic acids is 1. The molecule has 2 aromatic heterocycles. The van der Waals surface area contributed by atoms with Crippen molar-refractivity contribution < 1.29 is 9.18 Å². The number of nitrogens with zero attached hydrogens (tertiary/aromatic N) is 3. The molecule has 2 aliphatic rings. The van der Waals surface area contributed by atoms with E-state index in [0.29, 0.717) is 11.7 Å². The number of pyridine rings is 1. The minimum atomic E-state index is -0.337. The van der Waals surface area contributed by atoms with Crippen LogP contribution in [0.2, 0.25) is 0 Å². The van der Waals surface area contributed by atoms with Gasteiger partial charge < -0.3 is 14.6 Å². The fraction of sp³-hybridized carbons (Fsp3) is 0.364. The number of rotatable bonds is 2. The van der Waals surface area contributed by atoms with E-state index in [9.17, 15) is 9.18 Å². The minimum Gasteiger partial charge on any atom is -0.335 e. The van der Waals surface area contributed by atoms with Gasteiger partial charge in [0.05, 0.1) is 5.69 Å². The second-order valence-corrected chi connectivity index (χ2v) is 7.79. The van der Waals surface area contributed by atoms with Crippen molar-refractivity contribution in [2.75, 3.05) is 19.6 Å². The van der Waals surface area contributed by atoms with E-state index in [2.05, 4.69) is 10.3 Å². The van der Waals surface area contributed by atoms with Crippen molar-refractivity contribution in [3.8, 4) is 11.1 Å². The maximum absolute atomic E-state index is 14.5. The zero-order valence-corrected chi connectivity index (χ0v) is 15.9. The Morgan fingerprint density at radius 2 is 1.96 bits per heavy atom. The summed E-state index contributed by atoms with van der Waals surface area (Å²) in [5.74, 6) is -0.206. The number of piperidine rings is 1. The van der Waals surface area contributed by atoms with Crippen molar-refractivity contribution in [3.63, 3.8) is 0 Å². The SMILES string of the molecule is Cc1cn2cc(-c3ccc4c(c3)CCN(C3CCNCC3)C4=O)cc(F)c2n1. The van der Waals surface area contributed by atoms with Crippen molar-refractivity contribution in [2.24, 2.45) is 0 Å². The Kier molecular flexibility index (Phi) is 4.16. The quantitative estimate of drug-likeness (QED) is 0.745. The first-order chi connectivity index (χ1) is 13.6. The van der Waals surface area contributed by atoms with E-state index >= 15 is 0 Å². The first-order valence-corrected chi connectivity index (χ1v) is 9.90. The number of imidazole rings is 1. The smallest absolute Gasteiger partial charge is 0.254 e. The lowest BCUT2D eigenvalue weighted by Gasteiger charge is -2.37. The summed E-state index contributed by atoms with van der Waals surface area (Å²) in [4.78, 5) is 19.3. The van der Waals surface area contributed by atoms with E-state index < -0.39 is 0 Å². The molecule has 1 fully saturated rings. The zero-order valence-electron chi connectivity index (χ0n) is 15.9. The van der Waals surface area contributed by atoms with E-state index in [-0.39, 0.29) is 11.7 Å². The van der Waals surface area contributed by atoms with Gasteiger partial charge in [0.1, 0.15) is 0 Å². The second-order valence-electron chi connectivity index (χ2n) is 7.79. The fourth-order valence-corrected chi connectivity index (χ4v) is 4.49. The third kappa shape index (κ3) is 2.88. The number of benzene rings is 1. The van der Waals surface area contributed by atoms with Crippen LogP contribution in [0.15, 0.2) is 36.7 Å². The molecule has 5 nitrogen and oxygen atoms in total. The second kappa shape index (κ2) is 6.71. The van der Waals surface area contributed by atoms with Gasteiger partial charge in [-0.1, -0.05) is 12.1 Å². The first kappa shape index (κ1) is 17.4. The van der Waals surface area contributed by atoms with Gasteiger partial charge in [-0.05, 0) is 62.5 Å². The summed E-state index contributed by atoms with van der Waals surface area (Å²) >= 11 is 0. The predicted molar refractivity (Wildman–Crippen MR) is 106 cm³/mol. The van der Waals surface area contributed by atoms with E-state index in [1.165, 1.54) is 6.07 Å². The third-order valence-corrected chi connectivity index (χ3v) is 5.93. The molecule has 4 heterocycles. The molecule has 0 bridgehead atoms. The number of hydrogen-bond acceptors (Lipinski definition) is 3. The number of fused-ring (bicyclic) bond motifs is 2. The molecule has 0 radical (unpaired) electrons. The van der Waals surface area contributed by atoms with Crippen LogP contribution in [0.25, 0.3) is 16.8 Å². The highest BCUT2D eigenvalue weighted by Crippen LogP contribution is 2.29. The molecule has 1 saturated heterocycles. The number of nitrogens with one attached hydrogen (secondary N) is 1. The number of hydrogen-bond donors (Lipinski definition) is 1. The molecule has 1 amide bonds. The van der Waals surface area contributed by atoms with Crippen molar-refractivity contribution in [2.45, 2.75) is 32.2 Å². The molecular weight excluding hydrogens is 355 g/mol. The zero-order chi connectivity index (χ0) is 19.3. The van der Waals surface area contributed by atoms with Crippen LogP contribution in [-0.2, 0) is 6.42 Å². The number of halogens is 1. The topological polar surface area (TPSA) is 49.6 Å². The minimum absolute atomic E-state index is 0.131. The van der Waals surface area contributed by atoms with Crippen LogP contribution in [0.3, 0.4) is 0 Å². The third-order valence-electron chi connectivity index (χ3n) is 5.93. The predicted octanol–water partition coefficient (Wildman–Crippen LogP) is 3.20. The normalized spacial score (nSPS) is 17.9. The molecule has 28 heavy (non-hydrogen) atoms. The molecule has 0 atom stereocenters. The fourth-order valence-electron chi connectivity index (χ4n) is 4.49. The van der Waals surface area contributed by atoms with Gasteiger partial charge in [0.2, 0.25) is 0 Å². The molecule has 0 spiro atoms. The van der Waals surface area contributed by atoms with Gasteiger partial charge in [-0.2, -0.15) is 0 Å². The van der Waals surface area contributed by atoms with Gasteiger partial charge >= 0.3 is 0 Å². The standard InChI is InChI=1S/C22H23FN4O/c1-14-12-26-13-17(11-20(23)21(26)25-14)15-2-3-19-16(10-15)6-9-27(22(19)28)18-4-7-24-8-5-18/h2-3,10-13,18,24H,4-9H2,1H3. The number of amides is 1. The average molecular weight is 378 g/mol. The largest absolute Gasteiger partial charge is 0.335 e. The van der Waals surface area contributed by atoms with Crippen LogP contribution in [-0.4, -0.2) is 45.9 Å². The lowest BCUT2D eigenvalue weighted by Crippen LogP contribution is -2.49. The monoisotopic (exact) mass is 378 g/mol. The van der Waals surface area contributed by atoms with Crippen molar-refractivity contribution >= 4 is 11.6 Å². The molecule has 0 unspecified atom stereocenters. The maximum Gasteiger partial charge on any atom is 0.254 e. The summed E-state index contributed by atoms with van der Waals surface area (Å²) in [7, 11) is 0. The van der Waals surface area contributed by atoms with Crippen LogP contribution < -0.4 is 5.32 Å². The Balaban J connectivity index is 1.48. The molecule has 0 aliphatic carbocycles. The van der Waals surface area contributed by atoms with Crippen LogP contribution >= 0.6 is 0 Å². The first-order valence-electron chi connectivity index (χ1n) is 9.90. The molecule has 1 N–H and O–H groups in total. The molecule has 144 valence electrons. The highest BCUT2D eigenvalue weighted by atomic mass is 19.1. The van der Waals surface area contributed by atoms with Crippen molar-refractivity contribution in [3.05, 3.63) is 59.3 Å². The summed E-state index contributed by atoms with van der Waals surface area (Å²) in [6.45, 7) is 4.56. The molecule has 0 saturated carbocycles. The van der Waals surface area contributed by atoms with E-state index in [1.54, 1.807) is 4.40 Å². The Bertz CT molecular complexity index is 1070. The van der Waals surface area contributed by atoms with Gasteiger partial charge in [-0.3, -0.25) is 4.79 Å². The van der Waals surface area contributed by atoms with E-state index in [0.717, 1.165) is 66.8 Å². The van der Waals surface area contributed by atoms with Gasteiger partial charge in [-0.25, -0.2) is 9.37 Å². The summed E-state index contributed by atoms with van der Waals surface area (Å²) < 4.78 is 16.2. The molecule has 5 rings (SSSR count). The van der Waals surface area contributed by atoms with Gasteiger partial charge in [0.15, 0.2) is 11.5 Å². The summed E-state index contributed by atoms with van der Waals surface area (Å²) in [5.41, 5.74) is 4.67. The average Bonchev–Trinajstić information content (AvgIpc) is 3.09. The molecule has 2 aliphatic heterocycles. The Labute approximate surface area is 163 Å². The maximum atomic E-state index is 14.5. The molecule has 3 aromatic rings. The van der Waals surface area contributed by atoms with E-state index in [1.807, 2.05) is 42.4 Å². The Morgan fingerprint density at radius 3 is 2.79 bits per heavy atom. The van der Waals surface area contributed by atoms with Crippen LogP contribution in [0.4, 0.5) is 4.39 Å². The number of aryl methyl sites for hydroxylation is 1. The van der Waals surface area contributed by atoms with Crippen LogP contribution in [0, 0.1) is 12.7 Å². The van der Waals surface area contributed by atoms with Gasteiger partial charge in [0.25, 0.3) is 5.91 Å². The van der Waals surface area contributed by atoms with Crippen LogP contribution in [0.1, 0.15) is 34.5 Å². The highest BCUT2D eigenvalue weighted by Gasteiger charge is 2.30. The van der Waals surface area contributed by atoms with Crippen LogP contribution in [0.5, 0.6) is 0 Å². The Morgan fingerprint density at radius 1 is 1.14 bits per heavy atom. The Hall–Kier alpha value is -2.73. The number of carbonyl (C=O) groups is 1. The van der Waals surface area contributed by atoms with Crippen molar-refractivity contribution in [1.82, 2.24) is 19.6 Å². The lowest BCUT2D eigenvalue weighted by atomic mass is 9.92. The summed E-state index contributed by atoms with van der Waals surface area (Å²) in [5, 5.41) is 3.36. The highest BCUT2D eigenvalue weighted by molar-refractivity contribution is 5.97. The summed E-state index contributed by atoms with van der Waals surface area (Å²) in [6, 6.07) is 7.73. The lowest BCUT2D eigenvalue weighted by molar-refractivity contribution is 0.0623. The van der Waals surface area contributed by atoms with E-state index in [4.69, 9.17) is 0 Å². The number of aromatic nitrogens is 2.